The van der Waals surface area contributed by atoms with Crippen molar-refractivity contribution < 1.29 is 4.42 Å². The third kappa shape index (κ3) is 2.91. The molecule has 0 saturated carbocycles. The van der Waals surface area contributed by atoms with E-state index >= 15 is 0 Å². The minimum atomic E-state index is -0.00313. The zero-order valence-electron chi connectivity index (χ0n) is 14.3. The smallest absolute Gasteiger partial charge is 0.233 e. The molecule has 1 aromatic heterocycles. The lowest BCUT2D eigenvalue weighted by Crippen LogP contribution is -2.06. The van der Waals surface area contributed by atoms with Crippen molar-refractivity contribution in [2.24, 2.45) is 0 Å². The number of oxazole rings is 1. The lowest BCUT2D eigenvalue weighted by atomic mass is 10.0. The number of benzene rings is 3. The molecular formula is C22H17N3O. The standard InChI is InChI=1S/C22H17N3O/c1-15(16-8-3-2-4-9-16)24-22-20(14-23)25-21(26-22)19-13-7-11-17-10-5-6-12-18(17)19/h2-13,15,24H,1H3/t15-/m0/s1. The van der Waals surface area contributed by atoms with Crippen LogP contribution in [-0.4, -0.2) is 4.98 Å². The monoisotopic (exact) mass is 339 g/mol. The highest BCUT2D eigenvalue weighted by Crippen LogP contribution is 2.32. The van der Waals surface area contributed by atoms with Gasteiger partial charge in [0.1, 0.15) is 6.07 Å². The summed E-state index contributed by atoms with van der Waals surface area (Å²) in [5.74, 6) is 0.841. The van der Waals surface area contributed by atoms with Crippen LogP contribution in [-0.2, 0) is 0 Å². The number of fused-ring (bicyclic) bond motifs is 1. The summed E-state index contributed by atoms with van der Waals surface area (Å²) in [6, 6.07) is 26.2. The number of nitrogens with one attached hydrogen (secondary N) is 1. The van der Waals surface area contributed by atoms with Crippen LogP contribution in [0.1, 0.15) is 24.2 Å². The van der Waals surface area contributed by atoms with Gasteiger partial charge in [0.15, 0.2) is 0 Å². The molecule has 0 bridgehead atoms. The average Bonchev–Trinajstić information content (AvgIpc) is 3.10. The number of rotatable bonds is 4. The average molecular weight is 339 g/mol. The lowest BCUT2D eigenvalue weighted by molar-refractivity contribution is 0.578. The van der Waals surface area contributed by atoms with Crippen molar-refractivity contribution in [1.29, 1.82) is 5.26 Å². The molecule has 0 aliphatic carbocycles. The fourth-order valence-electron chi connectivity index (χ4n) is 3.04. The highest BCUT2D eigenvalue weighted by Gasteiger charge is 2.18. The Labute approximate surface area is 151 Å². The Kier molecular flexibility index (Phi) is 4.12. The van der Waals surface area contributed by atoms with Crippen LogP contribution < -0.4 is 5.32 Å². The molecule has 126 valence electrons. The van der Waals surface area contributed by atoms with Crippen molar-refractivity contribution in [2.45, 2.75) is 13.0 Å². The van der Waals surface area contributed by atoms with Crippen LogP contribution in [0.15, 0.2) is 77.2 Å². The number of nitriles is 1. The second kappa shape index (κ2) is 6.73. The number of nitrogens with zero attached hydrogens (tertiary/aromatic N) is 2. The van der Waals surface area contributed by atoms with E-state index in [1.807, 2.05) is 79.7 Å². The first-order valence-electron chi connectivity index (χ1n) is 8.47. The van der Waals surface area contributed by atoms with E-state index in [1.54, 1.807) is 0 Å². The normalized spacial score (nSPS) is 11.8. The summed E-state index contributed by atoms with van der Waals surface area (Å²) in [5, 5.41) is 14.9. The first kappa shape index (κ1) is 15.9. The molecule has 3 aromatic carbocycles. The Bertz CT molecular complexity index is 1090. The molecule has 0 fully saturated rings. The number of aromatic nitrogens is 1. The van der Waals surface area contributed by atoms with E-state index in [0.717, 1.165) is 21.9 Å². The van der Waals surface area contributed by atoms with Gasteiger partial charge in [-0.1, -0.05) is 66.7 Å². The third-order valence-corrected chi connectivity index (χ3v) is 4.40. The molecule has 0 spiro atoms. The molecule has 0 saturated heterocycles. The van der Waals surface area contributed by atoms with Crippen LogP contribution in [0.2, 0.25) is 0 Å². The summed E-state index contributed by atoms with van der Waals surface area (Å²) >= 11 is 0. The fraction of sp³-hybridized carbons (Fsp3) is 0.0909. The summed E-state index contributed by atoms with van der Waals surface area (Å²) < 4.78 is 5.95. The Morgan fingerprint density at radius 3 is 2.50 bits per heavy atom. The predicted molar refractivity (Wildman–Crippen MR) is 103 cm³/mol. The first-order valence-corrected chi connectivity index (χ1v) is 8.47. The van der Waals surface area contributed by atoms with E-state index in [1.165, 1.54) is 0 Å². The molecule has 4 rings (SSSR count). The predicted octanol–water partition coefficient (Wildman–Crippen LogP) is 5.54. The topological polar surface area (TPSA) is 61.9 Å². The quantitative estimate of drug-likeness (QED) is 0.530. The van der Waals surface area contributed by atoms with E-state index in [-0.39, 0.29) is 11.7 Å². The number of hydrogen-bond donors (Lipinski definition) is 1. The zero-order chi connectivity index (χ0) is 17.9. The Balaban J connectivity index is 1.73. The molecule has 0 unspecified atom stereocenters. The van der Waals surface area contributed by atoms with Gasteiger partial charge in [-0.15, -0.1) is 0 Å². The molecule has 26 heavy (non-hydrogen) atoms. The number of anilines is 1. The molecule has 4 aromatic rings. The SMILES string of the molecule is C[C@H](Nc1oc(-c2cccc3ccccc23)nc1C#N)c1ccccc1. The van der Waals surface area contributed by atoms with Crippen molar-refractivity contribution in [3.63, 3.8) is 0 Å². The highest BCUT2D eigenvalue weighted by atomic mass is 16.4. The maximum Gasteiger partial charge on any atom is 0.233 e. The van der Waals surface area contributed by atoms with Gasteiger partial charge in [-0.3, -0.25) is 0 Å². The van der Waals surface area contributed by atoms with Crippen molar-refractivity contribution in [2.75, 3.05) is 5.32 Å². The highest BCUT2D eigenvalue weighted by molar-refractivity contribution is 5.94. The first-order chi connectivity index (χ1) is 12.8. The van der Waals surface area contributed by atoms with E-state index in [9.17, 15) is 5.26 Å². The van der Waals surface area contributed by atoms with E-state index in [2.05, 4.69) is 16.4 Å². The van der Waals surface area contributed by atoms with Crippen molar-refractivity contribution in [1.82, 2.24) is 4.98 Å². The van der Waals surface area contributed by atoms with E-state index in [4.69, 9.17) is 4.42 Å². The maximum absolute atomic E-state index is 9.46. The summed E-state index contributed by atoms with van der Waals surface area (Å²) in [7, 11) is 0. The van der Waals surface area contributed by atoms with Crippen LogP contribution >= 0.6 is 0 Å². The molecule has 0 aliphatic heterocycles. The molecule has 1 N–H and O–H groups in total. The molecule has 4 heteroatoms. The van der Waals surface area contributed by atoms with Gasteiger partial charge < -0.3 is 9.73 Å². The van der Waals surface area contributed by atoms with Gasteiger partial charge in [0, 0.05) is 5.56 Å². The maximum atomic E-state index is 9.46. The summed E-state index contributed by atoms with van der Waals surface area (Å²) in [5.41, 5.74) is 2.25. The van der Waals surface area contributed by atoms with Gasteiger partial charge >= 0.3 is 0 Å². The summed E-state index contributed by atoms with van der Waals surface area (Å²) in [4.78, 5) is 4.41. The Morgan fingerprint density at radius 2 is 1.69 bits per heavy atom. The fourth-order valence-corrected chi connectivity index (χ4v) is 3.04. The van der Waals surface area contributed by atoms with Crippen LogP contribution in [0.3, 0.4) is 0 Å². The molecular weight excluding hydrogens is 322 g/mol. The van der Waals surface area contributed by atoms with Crippen LogP contribution in [0.25, 0.3) is 22.2 Å². The van der Waals surface area contributed by atoms with Gasteiger partial charge in [0.05, 0.1) is 6.04 Å². The van der Waals surface area contributed by atoms with Crippen LogP contribution in [0.5, 0.6) is 0 Å². The molecule has 1 heterocycles. The van der Waals surface area contributed by atoms with E-state index in [0.29, 0.717) is 11.8 Å². The van der Waals surface area contributed by atoms with Gasteiger partial charge in [0.2, 0.25) is 17.5 Å². The van der Waals surface area contributed by atoms with Crippen molar-refractivity contribution in [3.05, 3.63) is 84.1 Å². The molecule has 0 amide bonds. The second-order valence-electron chi connectivity index (χ2n) is 6.11. The molecule has 0 aliphatic rings. The van der Waals surface area contributed by atoms with E-state index < -0.39 is 0 Å². The van der Waals surface area contributed by atoms with Gasteiger partial charge in [0.25, 0.3) is 0 Å². The Morgan fingerprint density at radius 1 is 0.962 bits per heavy atom. The lowest BCUT2D eigenvalue weighted by Gasteiger charge is -2.13. The largest absolute Gasteiger partial charge is 0.419 e. The minimum absolute atomic E-state index is 0.00313. The van der Waals surface area contributed by atoms with Crippen LogP contribution in [0, 0.1) is 11.3 Å². The van der Waals surface area contributed by atoms with Gasteiger partial charge in [-0.05, 0) is 29.3 Å². The number of hydrogen-bond acceptors (Lipinski definition) is 4. The van der Waals surface area contributed by atoms with Gasteiger partial charge in [-0.25, -0.2) is 0 Å². The van der Waals surface area contributed by atoms with Crippen LogP contribution in [0.4, 0.5) is 5.88 Å². The molecule has 0 radical (unpaired) electrons. The second-order valence-corrected chi connectivity index (χ2v) is 6.11. The van der Waals surface area contributed by atoms with Crippen molar-refractivity contribution in [3.8, 4) is 17.5 Å². The zero-order valence-corrected chi connectivity index (χ0v) is 14.3. The van der Waals surface area contributed by atoms with Gasteiger partial charge in [-0.2, -0.15) is 10.2 Å². The molecule has 1 atom stereocenters. The third-order valence-electron chi connectivity index (χ3n) is 4.40. The minimum Gasteiger partial charge on any atom is -0.419 e. The Hall–Kier alpha value is -3.58. The molecule has 4 nitrogen and oxygen atoms in total. The summed E-state index contributed by atoms with van der Waals surface area (Å²) in [6.07, 6.45) is 0. The summed E-state index contributed by atoms with van der Waals surface area (Å²) in [6.45, 7) is 2.02. The van der Waals surface area contributed by atoms with Crippen molar-refractivity contribution >= 4 is 16.7 Å².